The standard InChI is InChI=1S/C28H27FN2O4/c1-18(2)12-14-35-23-7-3-6-21(15-23)25-24(26(32)20-8-10-22(29)11-9-20)27(33)28(34)31(25)17-19-5-4-13-30-16-19/h3-11,13,15-16,18,25,32H,12,14,17H2,1-2H3/t25-/m0/s1. The molecule has 0 unspecified atom stereocenters. The number of benzene rings is 2. The number of amides is 1. The predicted molar refractivity (Wildman–Crippen MR) is 130 cm³/mol. The fourth-order valence-corrected chi connectivity index (χ4v) is 4.03. The van der Waals surface area contributed by atoms with Gasteiger partial charge >= 0.3 is 0 Å². The third-order valence-corrected chi connectivity index (χ3v) is 5.87. The molecule has 0 saturated carbocycles. The normalized spacial score (nSPS) is 17.3. The summed E-state index contributed by atoms with van der Waals surface area (Å²) in [6, 6.07) is 15.0. The first-order valence-electron chi connectivity index (χ1n) is 11.5. The smallest absolute Gasteiger partial charge is 0.295 e. The number of hydrogen-bond acceptors (Lipinski definition) is 5. The molecule has 1 atom stereocenters. The van der Waals surface area contributed by atoms with Crippen LogP contribution in [0.4, 0.5) is 4.39 Å². The van der Waals surface area contributed by atoms with E-state index in [-0.39, 0.29) is 23.4 Å². The van der Waals surface area contributed by atoms with Gasteiger partial charge in [-0.25, -0.2) is 4.39 Å². The lowest BCUT2D eigenvalue weighted by Crippen LogP contribution is -2.29. The zero-order valence-electron chi connectivity index (χ0n) is 19.6. The highest BCUT2D eigenvalue weighted by Gasteiger charge is 2.46. The highest BCUT2D eigenvalue weighted by atomic mass is 19.1. The highest BCUT2D eigenvalue weighted by Crippen LogP contribution is 2.41. The molecule has 7 heteroatoms. The molecule has 1 aromatic heterocycles. The third kappa shape index (κ3) is 5.40. The number of hydrogen-bond donors (Lipinski definition) is 1. The van der Waals surface area contributed by atoms with Crippen molar-refractivity contribution in [1.29, 1.82) is 0 Å². The molecular weight excluding hydrogens is 447 g/mol. The van der Waals surface area contributed by atoms with Crippen molar-refractivity contribution < 1.29 is 23.8 Å². The summed E-state index contributed by atoms with van der Waals surface area (Å²) in [6.45, 7) is 4.89. The molecule has 1 N–H and O–H groups in total. The van der Waals surface area contributed by atoms with E-state index in [1.165, 1.54) is 29.2 Å². The Kier molecular flexibility index (Phi) is 7.25. The molecule has 0 spiro atoms. The number of halogens is 1. The molecule has 3 aromatic rings. The zero-order chi connectivity index (χ0) is 24.9. The van der Waals surface area contributed by atoms with Crippen molar-refractivity contribution in [3.05, 3.63) is 101 Å². The number of aromatic nitrogens is 1. The summed E-state index contributed by atoms with van der Waals surface area (Å²) in [5, 5.41) is 11.1. The number of ether oxygens (including phenoxy) is 1. The number of ketones is 1. The number of likely N-dealkylation sites (tertiary alicyclic amines) is 1. The van der Waals surface area contributed by atoms with E-state index >= 15 is 0 Å². The Morgan fingerprint density at radius 1 is 1.11 bits per heavy atom. The second-order valence-corrected chi connectivity index (χ2v) is 8.90. The minimum atomic E-state index is -0.853. The van der Waals surface area contributed by atoms with Gasteiger partial charge in [0.2, 0.25) is 0 Å². The van der Waals surface area contributed by atoms with Crippen LogP contribution in [0.2, 0.25) is 0 Å². The van der Waals surface area contributed by atoms with Gasteiger partial charge in [-0.1, -0.05) is 32.0 Å². The molecule has 1 saturated heterocycles. The van der Waals surface area contributed by atoms with Crippen LogP contribution in [0.3, 0.4) is 0 Å². The monoisotopic (exact) mass is 474 g/mol. The van der Waals surface area contributed by atoms with Gasteiger partial charge in [0.1, 0.15) is 17.3 Å². The number of rotatable bonds is 8. The molecule has 4 rings (SSSR count). The van der Waals surface area contributed by atoms with Crippen LogP contribution in [0.5, 0.6) is 5.75 Å². The van der Waals surface area contributed by atoms with E-state index in [0.29, 0.717) is 23.8 Å². The first-order valence-corrected chi connectivity index (χ1v) is 11.5. The van der Waals surface area contributed by atoms with Gasteiger partial charge in [0.05, 0.1) is 18.2 Å². The van der Waals surface area contributed by atoms with Crippen molar-refractivity contribution in [2.24, 2.45) is 5.92 Å². The van der Waals surface area contributed by atoms with Crippen molar-refractivity contribution in [1.82, 2.24) is 9.88 Å². The second kappa shape index (κ2) is 10.5. The topological polar surface area (TPSA) is 79.7 Å². The summed E-state index contributed by atoms with van der Waals surface area (Å²) < 4.78 is 19.4. The molecule has 0 aliphatic carbocycles. The zero-order valence-corrected chi connectivity index (χ0v) is 19.6. The number of aliphatic hydroxyl groups is 1. The summed E-state index contributed by atoms with van der Waals surface area (Å²) in [6.07, 6.45) is 4.14. The van der Waals surface area contributed by atoms with Gasteiger partial charge in [0.15, 0.2) is 0 Å². The summed E-state index contributed by atoms with van der Waals surface area (Å²) in [7, 11) is 0. The molecule has 2 heterocycles. The molecule has 6 nitrogen and oxygen atoms in total. The van der Waals surface area contributed by atoms with Crippen molar-refractivity contribution in [2.45, 2.75) is 32.9 Å². The van der Waals surface area contributed by atoms with Crippen LogP contribution in [0.1, 0.15) is 43.0 Å². The summed E-state index contributed by atoms with van der Waals surface area (Å²) >= 11 is 0. The minimum absolute atomic E-state index is 0.0511. The van der Waals surface area contributed by atoms with Gasteiger partial charge in [-0.15, -0.1) is 0 Å². The van der Waals surface area contributed by atoms with Crippen LogP contribution < -0.4 is 4.74 Å². The van der Waals surface area contributed by atoms with E-state index in [2.05, 4.69) is 18.8 Å². The van der Waals surface area contributed by atoms with Gasteiger partial charge < -0.3 is 14.7 Å². The Balaban J connectivity index is 1.78. The van der Waals surface area contributed by atoms with E-state index in [1.807, 2.05) is 12.1 Å². The predicted octanol–water partition coefficient (Wildman–Crippen LogP) is 5.27. The van der Waals surface area contributed by atoms with Crippen LogP contribution in [-0.2, 0) is 16.1 Å². The van der Waals surface area contributed by atoms with E-state index in [1.54, 1.807) is 36.7 Å². The van der Waals surface area contributed by atoms with Crippen LogP contribution in [-0.4, -0.2) is 33.3 Å². The maximum Gasteiger partial charge on any atom is 0.295 e. The van der Waals surface area contributed by atoms with Gasteiger partial charge in [0.25, 0.3) is 11.7 Å². The number of aliphatic hydroxyl groups excluding tert-OH is 1. The first-order chi connectivity index (χ1) is 16.8. The maximum atomic E-state index is 13.5. The van der Waals surface area contributed by atoms with Crippen molar-refractivity contribution in [3.63, 3.8) is 0 Å². The van der Waals surface area contributed by atoms with Crippen molar-refractivity contribution >= 4 is 17.4 Å². The summed E-state index contributed by atoms with van der Waals surface area (Å²) in [5.74, 6) is -1.26. The Morgan fingerprint density at radius 3 is 2.57 bits per heavy atom. The van der Waals surface area contributed by atoms with Gasteiger partial charge in [0, 0.05) is 24.5 Å². The molecule has 1 amide bonds. The van der Waals surface area contributed by atoms with Crippen molar-refractivity contribution in [3.8, 4) is 5.75 Å². The van der Waals surface area contributed by atoms with E-state index in [9.17, 15) is 19.1 Å². The molecular formula is C28H27FN2O4. The molecule has 1 aliphatic heterocycles. The average molecular weight is 475 g/mol. The lowest BCUT2D eigenvalue weighted by atomic mass is 9.95. The minimum Gasteiger partial charge on any atom is -0.507 e. The lowest BCUT2D eigenvalue weighted by molar-refractivity contribution is -0.140. The highest BCUT2D eigenvalue weighted by molar-refractivity contribution is 6.46. The number of pyridine rings is 1. The van der Waals surface area contributed by atoms with E-state index in [4.69, 9.17) is 4.74 Å². The SMILES string of the molecule is CC(C)CCOc1cccc([C@H]2C(=C(O)c3ccc(F)cc3)C(=O)C(=O)N2Cc2cccnc2)c1. The largest absolute Gasteiger partial charge is 0.507 e. The second-order valence-electron chi connectivity index (χ2n) is 8.90. The molecule has 1 aliphatic rings. The molecule has 2 aromatic carbocycles. The average Bonchev–Trinajstić information content (AvgIpc) is 3.09. The first kappa shape index (κ1) is 24.1. The Hall–Kier alpha value is -4.00. The fourth-order valence-electron chi connectivity index (χ4n) is 4.03. The van der Waals surface area contributed by atoms with Crippen LogP contribution >= 0.6 is 0 Å². The van der Waals surface area contributed by atoms with Crippen LogP contribution in [0, 0.1) is 11.7 Å². The molecule has 0 bridgehead atoms. The number of nitrogens with zero attached hydrogens (tertiary/aromatic N) is 2. The fraction of sp³-hybridized carbons (Fsp3) is 0.250. The lowest BCUT2D eigenvalue weighted by Gasteiger charge is -2.25. The van der Waals surface area contributed by atoms with E-state index in [0.717, 1.165) is 12.0 Å². The van der Waals surface area contributed by atoms with Crippen LogP contribution in [0.15, 0.2) is 78.6 Å². The number of Topliss-reactive ketones (excluding diaryl/α,β-unsaturated/α-hetero) is 1. The third-order valence-electron chi connectivity index (χ3n) is 5.87. The van der Waals surface area contributed by atoms with Gasteiger partial charge in [-0.2, -0.15) is 0 Å². The summed E-state index contributed by atoms with van der Waals surface area (Å²) in [5.41, 5.74) is 1.56. The Bertz CT molecular complexity index is 1240. The Morgan fingerprint density at radius 2 is 1.89 bits per heavy atom. The van der Waals surface area contributed by atoms with Crippen molar-refractivity contribution in [2.75, 3.05) is 6.61 Å². The molecule has 1 fully saturated rings. The van der Waals surface area contributed by atoms with Crippen LogP contribution in [0.25, 0.3) is 5.76 Å². The molecule has 35 heavy (non-hydrogen) atoms. The van der Waals surface area contributed by atoms with Gasteiger partial charge in [-0.3, -0.25) is 14.6 Å². The number of carbonyl (C=O) groups is 2. The Labute approximate surface area is 203 Å². The van der Waals surface area contributed by atoms with Gasteiger partial charge in [-0.05, 0) is 65.9 Å². The summed E-state index contributed by atoms with van der Waals surface area (Å²) in [4.78, 5) is 31.8. The number of carbonyl (C=O) groups excluding carboxylic acids is 2. The molecule has 180 valence electrons. The maximum absolute atomic E-state index is 13.5. The quantitative estimate of drug-likeness (QED) is 0.273. The van der Waals surface area contributed by atoms with E-state index < -0.39 is 23.5 Å². The molecule has 0 radical (unpaired) electrons.